The quantitative estimate of drug-likeness (QED) is 0.872. The predicted molar refractivity (Wildman–Crippen MR) is 80.7 cm³/mol. The van der Waals surface area contributed by atoms with E-state index >= 15 is 0 Å². The number of nitrogens with one attached hydrogen (secondary N) is 1. The van der Waals surface area contributed by atoms with E-state index in [1.54, 1.807) is 6.07 Å². The van der Waals surface area contributed by atoms with Gasteiger partial charge in [0.25, 0.3) is 0 Å². The van der Waals surface area contributed by atoms with Crippen LogP contribution in [-0.4, -0.2) is 19.8 Å². The fraction of sp³-hybridized carbons (Fsp3) is 0.529. The molecule has 2 atom stereocenters. The van der Waals surface area contributed by atoms with E-state index in [2.05, 4.69) is 12.2 Å². The van der Waals surface area contributed by atoms with E-state index < -0.39 is 0 Å². The first-order valence-corrected chi connectivity index (χ1v) is 7.77. The van der Waals surface area contributed by atoms with Crippen molar-refractivity contribution in [3.8, 4) is 0 Å². The van der Waals surface area contributed by atoms with Gasteiger partial charge in [-0.15, -0.1) is 0 Å². The van der Waals surface area contributed by atoms with Gasteiger partial charge in [0.2, 0.25) is 0 Å². The molecule has 2 aromatic rings. The Kier molecular flexibility index (Phi) is 4.56. The Hall–Kier alpha value is -1.39. The first-order valence-electron chi connectivity index (χ1n) is 7.77. The highest BCUT2D eigenvalue weighted by Gasteiger charge is 2.24. The van der Waals surface area contributed by atoms with Gasteiger partial charge in [-0.05, 0) is 43.9 Å². The second kappa shape index (κ2) is 6.58. The van der Waals surface area contributed by atoms with Crippen molar-refractivity contribution < 1.29 is 13.5 Å². The second-order valence-electron chi connectivity index (χ2n) is 5.78. The standard InChI is InChI=1S/C17H22FNO2/c1-2-7-19-15(9-12-6-8-20-11-12)16-10-13-4-3-5-14(18)17(13)21-16/h3-5,10,12,15,19H,2,6-9,11H2,1H3. The number of furan rings is 1. The minimum absolute atomic E-state index is 0.128. The summed E-state index contributed by atoms with van der Waals surface area (Å²) in [6.45, 7) is 4.73. The number of hydrogen-bond donors (Lipinski definition) is 1. The van der Waals surface area contributed by atoms with Gasteiger partial charge in [0.15, 0.2) is 11.4 Å². The second-order valence-corrected chi connectivity index (χ2v) is 5.78. The van der Waals surface area contributed by atoms with Gasteiger partial charge in [0.05, 0.1) is 6.04 Å². The minimum atomic E-state index is -0.294. The van der Waals surface area contributed by atoms with E-state index in [0.717, 1.165) is 50.2 Å². The summed E-state index contributed by atoms with van der Waals surface area (Å²) in [6.07, 6.45) is 3.13. The minimum Gasteiger partial charge on any atom is -0.456 e. The molecule has 1 aromatic carbocycles. The molecule has 1 aromatic heterocycles. The average molecular weight is 291 g/mol. The summed E-state index contributed by atoms with van der Waals surface area (Å²) in [7, 11) is 0. The smallest absolute Gasteiger partial charge is 0.169 e. The lowest BCUT2D eigenvalue weighted by molar-refractivity contribution is 0.180. The molecule has 0 bridgehead atoms. The van der Waals surface area contributed by atoms with Gasteiger partial charge in [-0.3, -0.25) is 0 Å². The molecule has 1 aliphatic heterocycles. The topological polar surface area (TPSA) is 34.4 Å². The van der Waals surface area contributed by atoms with E-state index in [9.17, 15) is 4.39 Å². The van der Waals surface area contributed by atoms with Crippen molar-refractivity contribution in [1.82, 2.24) is 5.32 Å². The Morgan fingerprint density at radius 3 is 3.05 bits per heavy atom. The van der Waals surface area contributed by atoms with Crippen LogP contribution in [0.4, 0.5) is 4.39 Å². The van der Waals surface area contributed by atoms with E-state index in [0.29, 0.717) is 11.5 Å². The van der Waals surface area contributed by atoms with Crippen LogP contribution in [0, 0.1) is 11.7 Å². The van der Waals surface area contributed by atoms with Crippen LogP contribution in [-0.2, 0) is 4.74 Å². The highest BCUT2D eigenvalue weighted by Crippen LogP contribution is 2.31. The molecule has 4 heteroatoms. The van der Waals surface area contributed by atoms with E-state index in [1.165, 1.54) is 6.07 Å². The molecular weight excluding hydrogens is 269 g/mol. The van der Waals surface area contributed by atoms with Crippen molar-refractivity contribution in [3.05, 3.63) is 35.8 Å². The highest BCUT2D eigenvalue weighted by atomic mass is 19.1. The lowest BCUT2D eigenvalue weighted by Gasteiger charge is -2.19. The van der Waals surface area contributed by atoms with Crippen LogP contribution in [0.3, 0.4) is 0 Å². The fourth-order valence-electron chi connectivity index (χ4n) is 2.94. The maximum Gasteiger partial charge on any atom is 0.169 e. The van der Waals surface area contributed by atoms with E-state index in [4.69, 9.17) is 9.15 Å². The Bertz CT molecular complexity index is 589. The van der Waals surface area contributed by atoms with E-state index in [-0.39, 0.29) is 11.9 Å². The number of ether oxygens (including phenoxy) is 1. The number of benzene rings is 1. The molecule has 3 rings (SSSR count). The molecule has 0 aliphatic carbocycles. The maximum atomic E-state index is 13.8. The Morgan fingerprint density at radius 2 is 2.33 bits per heavy atom. The Balaban J connectivity index is 1.83. The Morgan fingerprint density at radius 1 is 1.43 bits per heavy atom. The van der Waals surface area contributed by atoms with E-state index in [1.807, 2.05) is 12.1 Å². The Labute approximate surface area is 124 Å². The average Bonchev–Trinajstić information content (AvgIpc) is 3.13. The van der Waals surface area contributed by atoms with Gasteiger partial charge in [0.1, 0.15) is 5.76 Å². The predicted octanol–water partition coefficient (Wildman–Crippen LogP) is 4.04. The van der Waals surface area contributed by atoms with Crippen LogP contribution >= 0.6 is 0 Å². The zero-order valence-corrected chi connectivity index (χ0v) is 12.4. The molecule has 1 N–H and O–H groups in total. The van der Waals surface area contributed by atoms with Crippen molar-refractivity contribution in [2.24, 2.45) is 5.92 Å². The third-order valence-electron chi connectivity index (χ3n) is 4.09. The summed E-state index contributed by atoms with van der Waals surface area (Å²) in [6, 6.07) is 7.14. The number of fused-ring (bicyclic) bond motifs is 1. The summed E-state index contributed by atoms with van der Waals surface area (Å²) >= 11 is 0. The summed E-state index contributed by atoms with van der Waals surface area (Å²) in [5.74, 6) is 1.09. The van der Waals surface area contributed by atoms with Crippen LogP contribution < -0.4 is 5.32 Å². The van der Waals surface area contributed by atoms with Crippen LogP contribution in [0.2, 0.25) is 0 Å². The number of hydrogen-bond acceptors (Lipinski definition) is 3. The van der Waals surface area contributed by atoms with Gasteiger partial charge >= 0.3 is 0 Å². The summed E-state index contributed by atoms with van der Waals surface area (Å²) in [4.78, 5) is 0. The van der Waals surface area contributed by atoms with Crippen molar-refractivity contribution >= 4 is 11.0 Å². The monoisotopic (exact) mass is 291 g/mol. The molecule has 3 nitrogen and oxygen atoms in total. The lowest BCUT2D eigenvalue weighted by atomic mass is 9.97. The third-order valence-corrected chi connectivity index (χ3v) is 4.09. The summed E-state index contributed by atoms with van der Waals surface area (Å²) in [5, 5.41) is 4.35. The van der Waals surface area contributed by atoms with Gasteiger partial charge in [-0.2, -0.15) is 0 Å². The SMILES string of the molecule is CCCNC(CC1CCOC1)c1cc2cccc(F)c2o1. The number of halogens is 1. The first kappa shape index (κ1) is 14.5. The van der Waals surface area contributed by atoms with Gasteiger partial charge in [-0.25, -0.2) is 4.39 Å². The van der Waals surface area contributed by atoms with Crippen molar-refractivity contribution in [2.75, 3.05) is 19.8 Å². The highest BCUT2D eigenvalue weighted by molar-refractivity contribution is 5.78. The molecule has 0 radical (unpaired) electrons. The first-order chi connectivity index (χ1) is 10.3. The van der Waals surface area contributed by atoms with Gasteiger partial charge in [-0.1, -0.05) is 19.1 Å². The molecule has 21 heavy (non-hydrogen) atoms. The molecule has 2 unspecified atom stereocenters. The molecule has 1 saturated heterocycles. The molecular formula is C17H22FNO2. The van der Waals surface area contributed by atoms with Crippen molar-refractivity contribution in [2.45, 2.75) is 32.2 Å². The van der Waals surface area contributed by atoms with Gasteiger partial charge in [0, 0.05) is 18.6 Å². The summed E-state index contributed by atoms with van der Waals surface area (Å²) < 4.78 is 25.0. The zero-order chi connectivity index (χ0) is 14.7. The third kappa shape index (κ3) is 3.27. The molecule has 0 amide bonds. The summed E-state index contributed by atoms with van der Waals surface area (Å²) in [5.41, 5.74) is 0.360. The molecule has 114 valence electrons. The number of rotatable bonds is 6. The molecule has 0 saturated carbocycles. The van der Waals surface area contributed by atoms with Crippen LogP contribution in [0.1, 0.15) is 38.0 Å². The largest absolute Gasteiger partial charge is 0.456 e. The zero-order valence-electron chi connectivity index (χ0n) is 12.4. The molecule has 0 spiro atoms. The molecule has 1 aliphatic rings. The van der Waals surface area contributed by atoms with Crippen molar-refractivity contribution in [1.29, 1.82) is 0 Å². The van der Waals surface area contributed by atoms with Gasteiger partial charge < -0.3 is 14.5 Å². The maximum absolute atomic E-state index is 13.8. The normalized spacial score (nSPS) is 20.2. The molecule has 1 fully saturated rings. The van der Waals surface area contributed by atoms with Crippen molar-refractivity contribution in [3.63, 3.8) is 0 Å². The van der Waals surface area contributed by atoms with Crippen LogP contribution in [0.25, 0.3) is 11.0 Å². The lowest BCUT2D eigenvalue weighted by Crippen LogP contribution is -2.24. The number of para-hydroxylation sites is 1. The fourth-order valence-corrected chi connectivity index (χ4v) is 2.94. The van der Waals surface area contributed by atoms with Crippen LogP contribution in [0.5, 0.6) is 0 Å². The molecule has 2 heterocycles. The van der Waals surface area contributed by atoms with Crippen LogP contribution in [0.15, 0.2) is 28.7 Å².